The highest BCUT2D eigenvalue weighted by Gasteiger charge is 2.13. The summed E-state index contributed by atoms with van der Waals surface area (Å²) in [5.74, 6) is -0.225. The van der Waals surface area contributed by atoms with Gasteiger partial charge in [-0.25, -0.2) is 4.39 Å². The number of nitrogens with two attached hydrogens (primary N) is 1. The van der Waals surface area contributed by atoms with Crippen LogP contribution in [0.2, 0.25) is 0 Å². The van der Waals surface area contributed by atoms with Gasteiger partial charge in [-0.15, -0.1) is 11.3 Å². The first-order valence-corrected chi connectivity index (χ1v) is 6.63. The van der Waals surface area contributed by atoms with E-state index in [0.717, 1.165) is 9.10 Å². The first kappa shape index (κ1) is 11.6. The fourth-order valence-electron chi connectivity index (χ4n) is 1.48. The Bertz CT molecular complexity index is 466. The standard InChI is InChI=1S/C12H12FNS2/c1-8(14)12-9(13)4-2-5-10(12)16-11-6-3-7-15-11/h2-8H,14H2,1H3/t8-/m0/s1. The Morgan fingerprint density at radius 1 is 1.31 bits per heavy atom. The van der Waals surface area contributed by atoms with Crippen molar-refractivity contribution in [3.8, 4) is 0 Å². The Balaban J connectivity index is 2.37. The zero-order chi connectivity index (χ0) is 11.5. The largest absolute Gasteiger partial charge is 0.324 e. The van der Waals surface area contributed by atoms with Crippen molar-refractivity contribution >= 4 is 23.1 Å². The summed E-state index contributed by atoms with van der Waals surface area (Å²) in [7, 11) is 0. The Kier molecular flexibility index (Phi) is 3.63. The van der Waals surface area contributed by atoms with Crippen LogP contribution in [0, 0.1) is 5.82 Å². The second-order valence-electron chi connectivity index (χ2n) is 3.47. The van der Waals surface area contributed by atoms with Gasteiger partial charge in [-0.05, 0) is 30.5 Å². The van der Waals surface area contributed by atoms with Crippen molar-refractivity contribution < 1.29 is 4.39 Å². The lowest BCUT2D eigenvalue weighted by atomic mass is 10.1. The Labute approximate surface area is 102 Å². The molecule has 1 atom stereocenters. The zero-order valence-corrected chi connectivity index (χ0v) is 10.4. The molecular weight excluding hydrogens is 241 g/mol. The molecule has 0 unspecified atom stereocenters. The second kappa shape index (κ2) is 4.99. The third-order valence-electron chi connectivity index (χ3n) is 2.17. The van der Waals surface area contributed by atoms with E-state index < -0.39 is 0 Å². The quantitative estimate of drug-likeness (QED) is 0.892. The molecule has 16 heavy (non-hydrogen) atoms. The fourth-order valence-corrected chi connectivity index (χ4v) is 3.46. The van der Waals surface area contributed by atoms with E-state index in [9.17, 15) is 4.39 Å². The number of hydrogen-bond donors (Lipinski definition) is 1. The van der Waals surface area contributed by atoms with E-state index in [0.29, 0.717) is 5.56 Å². The molecule has 0 fully saturated rings. The SMILES string of the molecule is C[C@H](N)c1c(F)cccc1Sc1cccs1. The van der Waals surface area contributed by atoms with Gasteiger partial charge in [-0.3, -0.25) is 0 Å². The summed E-state index contributed by atoms with van der Waals surface area (Å²) in [4.78, 5) is 0.900. The Morgan fingerprint density at radius 2 is 2.12 bits per heavy atom. The summed E-state index contributed by atoms with van der Waals surface area (Å²) in [6.45, 7) is 1.80. The zero-order valence-electron chi connectivity index (χ0n) is 8.81. The molecule has 4 heteroatoms. The molecule has 0 bridgehead atoms. The number of benzene rings is 1. The minimum Gasteiger partial charge on any atom is -0.324 e. The highest BCUT2D eigenvalue weighted by atomic mass is 32.2. The molecule has 1 aromatic heterocycles. The van der Waals surface area contributed by atoms with E-state index in [4.69, 9.17) is 5.73 Å². The molecule has 2 rings (SSSR count). The van der Waals surface area contributed by atoms with E-state index in [1.54, 1.807) is 36.1 Å². The molecule has 2 aromatic rings. The topological polar surface area (TPSA) is 26.0 Å². The molecule has 84 valence electrons. The lowest BCUT2D eigenvalue weighted by Crippen LogP contribution is -2.08. The minimum absolute atomic E-state index is 0.225. The number of rotatable bonds is 3. The van der Waals surface area contributed by atoms with Crippen molar-refractivity contribution in [3.63, 3.8) is 0 Å². The van der Waals surface area contributed by atoms with E-state index in [-0.39, 0.29) is 11.9 Å². The van der Waals surface area contributed by atoms with E-state index >= 15 is 0 Å². The van der Waals surface area contributed by atoms with Gasteiger partial charge in [-0.2, -0.15) is 0 Å². The molecule has 0 aliphatic carbocycles. The van der Waals surface area contributed by atoms with Crippen LogP contribution in [-0.4, -0.2) is 0 Å². The first-order chi connectivity index (χ1) is 7.68. The van der Waals surface area contributed by atoms with Crippen LogP contribution in [0.5, 0.6) is 0 Å². The van der Waals surface area contributed by atoms with Crippen molar-refractivity contribution in [3.05, 3.63) is 47.1 Å². The number of halogens is 1. The molecule has 1 heterocycles. The van der Waals surface area contributed by atoms with Crippen molar-refractivity contribution in [2.24, 2.45) is 5.73 Å². The van der Waals surface area contributed by atoms with Gasteiger partial charge >= 0.3 is 0 Å². The molecule has 0 saturated carbocycles. The average Bonchev–Trinajstić information content (AvgIpc) is 2.70. The molecule has 2 N–H and O–H groups in total. The fraction of sp³-hybridized carbons (Fsp3) is 0.167. The predicted molar refractivity (Wildman–Crippen MR) is 67.4 cm³/mol. The van der Waals surface area contributed by atoms with Gasteiger partial charge in [0.05, 0.1) is 4.21 Å². The van der Waals surface area contributed by atoms with Crippen LogP contribution in [0.15, 0.2) is 44.8 Å². The highest BCUT2D eigenvalue weighted by molar-refractivity contribution is 8.01. The van der Waals surface area contributed by atoms with Crippen LogP contribution in [0.3, 0.4) is 0 Å². The van der Waals surface area contributed by atoms with Gasteiger partial charge in [-0.1, -0.05) is 23.9 Å². The third-order valence-corrected chi connectivity index (χ3v) is 4.29. The summed E-state index contributed by atoms with van der Waals surface area (Å²) in [5, 5.41) is 2.01. The molecule has 0 amide bonds. The van der Waals surface area contributed by atoms with Crippen LogP contribution in [0.4, 0.5) is 4.39 Å². The van der Waals surface area contributed by atoms with Gasteiger partial charge in [0.15, 0.2) is 0 Å². The number of hydrogen-bond acceptors (Lipinski definition) is 3. The van der Waals surface area contributed by atoms with Gasteiger partial charge in [0, 0.05) is 16.5 Å². The van der Waals surface area contributed by atoms with E-state index in [2.05, 4.69) is 0 Å². The van der Waals surface area contributed by atoms with E-state index in [1.165, 1.54) is 6.07 Å². The van der Waals surface area contributed by atoms with Crippen molar-refractivity contribution in [2.45, 2.75) is 22.1 Å². The molecule has 1 nitrogen and oxygen atoms in total. The van der Waals surface area contributed by atoms with Crippen LogP contribution in [0.25, 0.3) is 0 Å². The van der Waals surface area contributed by atoms with Gasteiger partial charge in [0.1, 0.15) is 5.82 Å². The lowest BCUT2D eigenvalue weighted by Gasteiger charge is -2.12. The summed E-state index contributed by atoms with van der Waals surface area (Å²) >= 11 is 3.21. The molecule has 0 aliphatic rings. The van der Waals surface area contributed by atoms with Crippen molar-refractivity contribution in [2.75, 3.05) is 0 Å². The number of thiophene rings is 1. The molecular formula is C12H12FNS2. The average molecular weight is 253 g/mol. The predicted octanol–water partition coefficient (Wildman–Crippen LogP) is 4.06. The molecule has 0 radical (unpaired) electrons. The van der Waals surface area contributed by atoms with Crippen LogP contribution in [-0.2, 0) is 0 Å². The molecule has 0 saturated heterocycles. The van der Waals surface area contributed by atoms with Gasteiger partial charge in [0.2, 0.25) is 0 Å². The third kappa shape index (κ3) is 2.45. The van der Waals surface area contributed by atoms with Crippen LogP contribution >= 0.6 is 23.1 Å². The van der Waals surface area contributed by atoms with Crippen LogP contribution < -0.4 is 5.73 Å². The summed E-state index contributed by atoms with van der Waals surface area (Å²) in [6.07, 6.45) is 0. The van der Waals surface area contributed by atoms with Crippen molar-refractivity contribution in [1.82, 2.24) is 0 Å². The van der Waals surface area contributed by atoms with Crippen molar-refractivity contribution in [1.29, 1.82) is 0 Å². The lowest BCUT2D eigenvalue weighted by molar-refractivity contribution is 0.585. The summed E-state index contributed by atoms with van der Waals surface area (Å²) in [5.41, 5.74) is 6.39. The first-order valence-electron chi connectivity index (χ1n) is 4.94. The van der Waals surface area contributed by atoms with Crippen LogP contribution in [0.1, 0.15) is 18.5 Å². The molecule has 0 aliphatic heterocycles. The van der Waals surface area contributed by atoms with Gasteiger partial charge in [0.25, 0.3) is 0 Å². The normalized spacial score (nSPS) is 12.7. The van der Waals surface area contributed by atoms with E-state index in [1.807, 2.05) is 23.6 Å². The highest BCUT2D eigenvalue weighted by Crippen LogP contribution is 2.36. The molecule has 1 aromatic carbocycles. The maximum absolute atomic E-state index is 13.6. The summed E-state index contributed by atoms with van der Waals surface area (Å²) in [6, 6.07) is 8.80. The Hall–Kier alpha value is -0.840. The Morgan fingerprint density at radius 3 is 2.75 bits per heavy atom. The smallest absolute Gasteiger partial charge is 0.129 e. The summed E-state index contributed by atoms with van der Waals surface area (Å²) < 4.78 is 14.8. The minimum atomic E-state index is -0.288. The van der Waals surface area contributed by atoms with Gasteiger partial charge < -0.3 is 5.73 Å². The maximum Gasteiger partial charge on any atom is 0.129 e. The monoisotopic (exact) mass is 253 g/mol. The molecule has 0 spiro atoms. The maximum atomic E-state index is 13.6. The second-order valence-corrected chi connectivity index (χ2v) is 5.76.